The van der Waals surface area contributed by atoms with Crippen molar-refractivity contribution in [2.24, 2.45) is 0 Å². The maximum absolute atomic E-state index is 12.3. The van der Waals surface area contributed by atoms with E-state index in [9.17, 15) is 4.79 Å². The highest BCUT2D eigenvalue weighted by molar-refractivity contribution is 6.30. The van der Waals surface area contributed by atoms with Crippen molar-refractivity contribution in [1.82, 2.24) is 14.9 Å². The molecule has 0 aliphatic heterocycles. The topological polar surface area (TPSA) is 65.4 Å². The van der Waals surface area contributed by atoms with Gasteiger partial charge >= 0.3 is 0 Å². The highest BCUT2D eigenvalue weighted by Gasteiger charge is 2.11. The summed E-state index contributed by atoms with van der Waals surface area (Å²) >= 11 is 5.91. The van der Waals surface area contributed by atoms with E-state index < -0.39 is 0 Å². The van der Waals surface area contributed by atoms with Crippen molar-refractivity contribution in [3.63, 3.8) is 0 Å². The molecule has 4 rings (SSSR count). The Hall–Kier alpha value is -3.51. The number of rotatable bonds is 12. The molecule has 0 bridgehead atoms. The maximum Gasteiger partial charge on any atom is 0.224 e. The first-order valence-electron chi connectivity index (χ1n) is 11.8. The van der Waals surface area contributed by atoms with Crippen LogP contribution in [0.1, 0.15) is 24.2 Å². The molecular formula is C28H30ClN3O3. The highest BCUT2D eigenvalue weighted by Crippen LogP contribution is 2.20. The van der Waals surface area contributed by atoms with Crippen LogP contribution < -0.4 is 14.8 Å². The first-order chi connectivity index (χ1) is 17.1. The molecule has 7 heteroatoms. The van der Waals surface area contributed by atoms with E-state index in [2.05, 4.69) is 16.0 Å². The van der Waals surface area contributed by atoms with Crippen LogP contribution in [0, 0.1) is 0 Å². The third kappa shape index (κ3) is 6.99. The van der Waals surface area contributed by atoms with Crippen molar-refractivity contribution in [2.45, 2.75) is 32.2 Å². The van der Waals surface area contributed by atoms with Gasteiger partial charge in [0.05, 0.1) is 31.2 Å². The van der Waals surface area contributed by atoms with Crippen molar-refractivity contribution >= 4 is 28.5 Å². The van der Waals surface area contributed by atoms with Crippen LogP contribution in [0.4, 0.5) is 0 Å². The summed E-state index contributed by atoms with van der Waals surface area (Å²) in [6.07, 6.45) is 2.80. The number of amides is 1. The van der Waals surface area contributed by atoms with Gasteiger partial charge in [-0.15, -0.1) is 0 Å². The molecule has 6 nitrogen and oxygen atoms in total. The Morgan fingerprint density at radius 3 is 2.63 bits per heavy atom. The summed E-state index contributed by atoms with van der Waals surface area (Å²) in [6.45, 7) is 2.01. The van der Waals surface area contributed by atoms with Crippen LogP contribution in [0.25, 0.3) is 11.0 Å². The number of carbonyl (C=O) groups is 1. The fraction of sp³-hybridized carbons (Fsp3) is 0.286. The van der Waals surface area contributed by atoms with Crippen molar-refractivity contribution in [3.8, 4) is 11.5 Å². The van der Waals surface area contributed by atoms with Gasteiger partial charge < -0.3 is 19.4 Å². The van der Waals surface area contributed by atoms with E-state index in [4.69, 9.17) is 26.1 Å². The van der Waals surface area contributed by atoms with Gasteiger partial charge in [0, 0.05) is 30.6 Å². The van der Waals surface area contributed by atoms with Crippen molar-refractivity contribution < 1.29 is 14.3 Å². The molecule has 0 radical (unpaired) electrons. The Kier molecular flexibility index (Phi) is 8.63. The molecule has 0 fully saturated rings. The van der Waals surface area contributed by atoms with Gasteiger partial charge in [0.2, 0.25) is 5.91 Å². The SMILES string of the molecule is COc1cccc(OCCCn2c(CCCNC(=O)Cc3ccc(Cl)cc3)nc3ccccc32)c1. The van der Waals surface area contributed by atoms with Crippen LogP contribution in [-0.2, 0) is 24.2 Å². The summed E-state index contributed by atoms with van der Waals surface area (Å²) in [7, 11) is 1.65. The van der Waals surface area contributed by atoms with Gasteiger partial charge in [-0.2, -0.15) is 0 Å². The molecule has 182 valence electrons. The molecule has 1 N–H and O–H groups in total. The smallest absolute Gasteiger partial charge is 0.224 e. The largest absolute Gasteiger partial charge is 0.497 e. The number of aromatic nitrogens is 2. The standard InChI is InChI=1S/C28H30ClN3O3/c1-34-23-7-4-8-24(20-23)35-18-6-17-32-26-10-3-2-9-25(26)31-27(32)11-5-16-30-28(33)19-21-12-14-22(29)15-13-21/h2-4,7-10,12-15,20H,5-6,11,16-19H2,1H3,(H,30,33). The molecule has 0 aliphatic carbocycles. The molecule has 0 spiro atoms. The zero-order valence-electron chi connectivity index (χ0n) is 19.9. The third-order valence-electron chi connectivity index (χ3n) is 5.75. The van der Waals surface area contributed by atoms with E-state index in [0.29, 0.717) is 24.6 Å². The number of imidazole rings is 1. The van der Waals surface area contributed by atoms with Crippen LogP contribution >= 0.6 is 11.6 Å². The lowest BCUT2D eigenvalue weighted by molar-refractivity contribution is -0.120. The number of nitrogens with one attached hydrogen (secondary N) is 1. The number of hydrogen-bond donors (Lipinski definition) is 1. The monoisotopic (exact) mass is 491 g/mol. The molecule has 1 aromatic heterocycles. The Morgan fingerprint density at radius 2 is 1.80 bits per heavy atom. The van der Waals surface area contributed by atoms with Gasteiger partial charge in [0.1, 0.15) is 17.3 Å². The molecular weight excluding hydrogens is 462 g/mol. The number of carbonyl (C=O) groups excluding carboxylic acids is 1. The number of benzene rings is 3. The fourth-order valence-corrected chi connectivity index (χ4v) is 4.12. The number of ether oxygens (including phenoxy) is 2. The molecule has 35 heavy (non-hydrogen) atoms. The van der Waals surface area contributed by atoms with Crippen LogP contribution in [0.15, 0.2) is 72.8 Å². The minimum Gasteiger partial charge on any atom is -0.497 e. The Balaban J connectivity index is 1.28. The number of para-hydroxylation sites is 2. The Morgan fingerprint density at radius 1 is 1.00 bits per heavy atom. The highest BCUT2D eigenvalue weighted by atomic mass is 35.5. The molecule has 1 heterocycles. The van der Waals surface area contributed by atoms with Gasteiger partial charge in [-0.1, -0.05) is 41.9 Å². The average molecular weight is 492 g/mol. The Labute approximate surface area is 210 Å². The summed E-state index contributed by atoms with van der Waals surface area (Å²) in [6, 6.07) is 23.2. The summed E-state index contributed by atoms with van der Waals surface area (Å²) < 4.78 is 13.4. The van der Waals surface area contributed by atoms with E-state index in [1.807, 2.05) is 54.6 Å². The van der Waals surface area contributed by atoms with Crippen molar-refractivity contribution in [1.29, 1.82) is 0 Å². The van der Waals surface area contributed by atoms with Crippen molar-refractivity contribution in [3.05, 3.63) is 89.2 Å². The van der Waals surface area contributed by atoms with Gasteiger partial charge in [0.15, 0.2) is 0 Å². The second-order valence-electron chi connectivity index (χ2n) is 8.31. The van der Waals surface area contributed by atoms with Crippen molar-refractivity contribution in [2.75, 3.05) is 20.3 Å². The van der Waals surface area contributed by atoms with Gasteiger partial charge in [-0.25, -0.2) is 4.98 Å². The molecule has 1 amide bonds. The van der Waals surface area contributed by atoms with Crippen LogP contribution in [0.5, 0.6) is 11.5 Å². The first-order valence-corrected chi connectivity index (χ1v) is 12.2. The number of methoxy groups -OCH3 is 1. The average Bonchev–Trinajstić information content (AvgIpc) is 3.23. The molecule has 0 saturated heterocycles. The zero-order chi connectivity index (χ0) is 24.5. The van der Waals surface area contributed by atoms with Gasteiger partial charge in [-0.3, -0.25) is 4.79 Å². The van der Waals surface area contributed by atoms with Crippen LogP contribution in [-0.4, -0.2) is 35.7 Å². The zero-order valence-corrected chi connectivity index (χ0v) is 20.6. The molecule has 0 aliphatic rings. The number of hydrogen-bond acceptors (Lipinski definition) is 4. The predicted octanol–water partition coefficient (Wildman–Crippen LogP) is 5.46. The van der Waals surface area contributed by atoms with Crippen LogP contribution in [0.2, 0.25) is 5.02 Å². The number of fused-ring (bicyclic) bond motifs is 1. The number of nitrogens with zero attached hydrogens (tertiary/aromatic N) is 2. The number of halogens is 1. The maximum atomic E-state index is 12.3. The van der Waals surface area contributed by atoms with Gasteiger partial charge in [0.25, 0.3) is 0 Å². The lowest BCUT2D eigenvalue weighted by Crippen LogP contribution is -2.26. The summed E-state index contributed by atoms with van der Waals surface area (Å²) in [4.78, 5) is 17.1. The second kappa shape index (κ2) is 12.3. The molecule has 4 aromatic rings. The van der Waals surface area contributed by atoms with Gasteiger partial charge in [-0.05, 0) is 54.8 Å². The summed E-state index contributed by atoms with van der Waals surface area (Å²) in [5, 5.41) is 3.68. The van der Waals surface area contributed by atoms with E-state index >= 15 is 0 Å². The van der Waals surface area contributed by atoms with E-state index in [1.54, 1.807) is 19.2 Å². The van der Waals surface area contributed by atoms with E-state index in [1.165, 1.54) is 0 Å². The predicted molar refractivity (Wildman–Crippen MR) is 139 cm³/mol. The lowest BCUT2D eigenvalue weighted by Gasteiger charge is -2.11. The lowest BCUT2D eigenvalue weighted by atomic mass is 10.1. The molecule has 0 unspecified atom stereocenters. The normalized spacial score (nSPS) is 10.9. The van der Waals surface area contributed by atoms with E-state index in [0.717, 1.165) is 59.7 Å². The first kappa shape index (κ1) is 24.6. The second-order valence-corrected chi connectivity index (χ2v) is 8.74. The third-order valence-corrected chi connectivity index (χ3v) is 6.00. The summed E-state index contributed by atoms with van der Waals surface area (Å²) in [5.41, 5.74) is 3.06. The van der Waals surface area contributed by atoms with Crippen LogP contribution in [0.3, 0.4) is 0 Å². The molecule has 0 atom stereocenters. The quantitative estimate of drug-likeness (QED) is 0.267. The number of aryl methyl sites for hydroxylation is 2. The summed E-state index contributed by atoms with van der Waals surface area (Å²) in [5.74, 6) is 2.62. The Bertz CT molecular complexity index is 1250. The minimum absolute atomic E-state index is 0.00974. The minimum atomic E-state index is 0.00974. The molecule has 0 saturated carbocycles. The van der Waals surface area contributed by atoms with E-state index in [-0.39, 0.29) is 5.91 Å². The molecule has 3 aromatic carbocycles. The fourth-order valence-electron chi connectivity index (χ4n) is 3.99.